The molecule has 3 atom stereocenters. The Kier molecular flexibility index (Phi) is 8.85. The van der Waals surface area contributed by atoms with Crippen LogP contribution in [0.25, 0.3) is 0 Å². The summed E-state index contributed by atoms with van der Waals surface area (Å²) < 4.78 is 33.9. The molecule has 2 saturated heterocycles. The fourth-order valence-corrected chi connectivity index (χ4v) is 5.52. The number of ether oxygens (including phenoxy) is 1. The SMILES string of the molecule is Cc1ccc(S(=O)(=O)N[C@@H]2CC[C@@H](CC(=O)NCCN3CCCCC3)O[C@@H]2CO)cc1. The number of likely N-dealkylation sites (tertiary alicyclic amines) is 1. The highest BCUT2D eigenvalue weighted by atomic mass is 32.2. The van der Waals surface area contributed by atoms with E-state index in [-0.39, 0.29) is 29.9 Å². The third-order valence-electron chi connectivity index (χ3n) is 6.05. The molecule has 0 unspecified atom stereocenters. The van der Waals surface area contributed by atoms with Crippen molar-refractivity contribution in [3.8, 4) is 0 Å². The van der Waals surface area contributed by atoms with Crippen LogP contribution in [-0.4, -0.2) is 75.4 Å². The Hall–Kier alpha value is -1.52. The highest BCUT2D eigenvalue weighted by molar-refractivity contribution is 7.89. The van der Waals surface area contributed by atoms with Crippen LogP contribution in [0.3, 0.4) is 0 Å². The van der Waals surface area contributed by atoms with Crippen LogP contribution in [0.2, 0.25) is 0 Å². The van der Waals surface area contributed by atoms with Gasteiger partial charge in [0, 0.05) is 13.1 Å². The number of amides is 1. The molecule has 1 amide bonds. The summed E-state index contributed by atoms with van der Waals surface area (Å²) in [5.74, 6) is -0.0719. The maximum atomic E-state index is 12.7. The largest absolute Gasteiger partial charge is 0.394 e. The first-order valence-corrected chi connectivity index (χ1v) is 12.7. The standard InChI is InChI=1S/C22H35N3O5S/c1-17-5-8-19(9-6-17)31(28,29)24-20-10-7-18(30-21(20)16-26)15-22(27)23-11-14-25-12-3-2-4-13-25/h5-6,8-9,18,20-21,24,26H,2-4,7,10-16H2,1H3,(H,23,27)/t18-,20+,21+/m0/s1. The highest BCUT2D eigenvalue weighted by Crippen LogP contribution is 2.23. The number of benzene rings is 1. The topological polar surface area (TPSA) is 108 Å². The molecular formula is C22H35N3O5S. The number of rotatable bonds is 9. The van der Waals surface area contributed by atoms with Crippen LogP contribution in [0.15, 0.2) is 29.2 Å². The molecule has 0 saturated carbocycles. The van der Waals surface area contributed by atoms with Crippen LogP contribution in [0.5, 0.6) is 0 Å². The maximum Gasteiger partial charge on any atom is 0.240 e. The number of nitrogens with one attached hydrogen (secondary N) is 2. The first kappa shape index (κ1) is 24.1. The second kappa shape index (κ2) is 11.4. The second-order valence-corrected chi connectivity index (χ2v) is 10.3. The minimum absolute atomic E-state index is 0.0719. The first-order chi connectivity index (χ1) is 14.9. The lowest BCUT2D eigenvalue weighted by Crippen LogP contribution is -2.51. The Morgan fingerprint density at radius 1 is 1.16 bits per heavy atom. The van der Waals surface area contributed by atoms with E-state index in [0.29, 0.717) is 19.4 Å². The minimum atomic E-state index is -3.71. The maximum absolute atomic E-state index is 12.7. The molecule has 3 N–H and O–H groups in total. The Balaban J connectivity index is 1.45. The first-order valence-electron chi connectivity index (χ1n) is 11.2. The quantitative estimate of drug-likeness (QED) is 0.518. The average molecular weight is 454 g/mol. The number of aliphatic hydroxyl groups excluding tert-OH is 1. The van der Waals surface area contributed by atoms with Gasteiger partial charge in [-0.25, -0.2) is 13.1 Å². The zero-order valence-corrected chi connectivity index (χ0v) is 19.1. The summed E-state index contributed by atoms with van der Waals surface area (Å²) in [6.45, 7) is 5.26. The highest BCUT2D eigenvalue weighted by Gasteiger charge is 2.34. The smallest absolute Gasteiger partial charge is 0.240 e. The van der Waals surface area contributed by atoms with Gasteiger partial charge in [0.1, 0.15) is 0 Å². The third-order valence-corrected chi connectivity index (χ3v) is 7.55. The second-order valence-electron chi connectivity index (χ2n) is 8.55. The zero-order valence-electron chi connectivity index (χ0n) is 18.3. The van der Waals surface area contributed by atoms with Crippen molar-refractivity contribution in [2.24, 2.45) is 0 Å². The van der Waals surface area contributed by atoms with E-state index in [9.17, 15) is 18.3 Å². The number of hydrogen-bond donors (Lipinski definition) is 3. The predicted molar refractivity (Wildman–Crippen MR) is 118 cm³/mol. The average Bonchev–Trinajstić information content (AvgIpc) is 2.75. The molecular weight excluding hydrogens is 418 g/mol. The number of piperidine rings is 1. The van der Waals surface area contributed by atoms with E-state index in [1.54, 1.807) is 24.3 Å². The number of aryl methyl sites for hydroxylation is 1. The summed E-state index contributed by atoms with van der Waals surface area (Å²) >= 11 is 0. The van der Waals surface area contributed by atoms with Gasteiger partial charge < -0.3 is 20.1 Å². The Bertz CT molecular complexity index is 809. The molecule has 0 radical (unpaired) electrons. The van der Waals surface area contributed by atoms with Gasteiger partial charge in [0.15, 0.2) is 0 Å². The van der Waals surface area contributed by atoms with Crippen molar-refractivity contribution < 1.29 is 23.1 Å². The Morgan fingerprint density at radius 3 is 2.55 bits per heavy atom. The third kappa shape index (κ3) is 7.25. The van der Waals surface area contributed by atoms with Crippen molar-refractivity contribution in [3.05, 3.63) is 29.8 Å². The van der Waals surface area contributed by atoms with E-state index in [1.165, 1.54) is 19.3 Å². The van der Waals surface area contributed by atoms with Gasteiger partial charge in [-0.1, -0.05) is 24.1 Å². The van der Waals surface area contributed by atoms with E-state index in [1.807, 2.05) is 6.92 Å². The lowest BCUT2D eigenvalue weighted by Gasteiger charge is -2.35. The van der Waals surface area contributed by atoms with Crippen molar-refractivity contribution in [3.63, 3.8) is 0 Å². The lowest BCUT2D eigenvalue weighted by molar-refractivity contribution is -0.130. The molecule has 31 heavy (non-hydrogen) atoms. The number of carbonyl (C=O) groups excluding carboxylic acids is 1. The molecule has 2 heterocycles. The van der Waals surface area contributed by atoms with E-state index >= 15 is 0 Å². The summed E-state index contributed by atoms with van der Waals surface area (Å²) in [6.07, 6.45) is 4.00. The minimum Gasteiger partial charge on any atom is -0.394 e. The Labute approximate surface area is 185 Å². The molecule has 8 nitrogen and oxygen atoms in total. The van der Waals surface area contributed by atoms with Crippen LogP contribution < -0.4 is 10.0 Å². The lowest BCUT2D eigenvalue weighted by atomic mass is 9.98. The van der Waals surface area contributed by atoms with Gasteiger partial charge in [-0.15, -0.1) is 0 Å². The van der Waals surface area contributed by atoms with Crippen molar-refractivity contribution in [1.29, 1.82) is 0 Å². The molecule has 174 valence electrons. The van der Waals surface area contributed by atoms with Gasteiger partial charge in [-0.05, 0) is 57.8 Å². The van der Waals surface area contributed by atoms with Gasteiger partial charge >= 0.3 is 0 Å². The molecule has 1 aromatic carbocycles. The summed E-state index contributed by atoms with van der Waals surface area (Å²) in [6, 6.07) is 6.08. The van der Waals surface area contributed by atoms with E-state index in [0.717, 1.165) is 25.2 Å². The number of aliphatic hydroxyl groups is 1. The monoisotopic (exact) mass is 453 g/mol. The van der Waals surface area contributed by atoms with Crippen molar-refractivity contribution in [1.82, 2.24) is 14.9 Å². The summed E-state index contributed by atoms with van der Waals surface area (Å²) in [5, 5.41) is 12.7. The molecule has 2 aliphatic heterocycles. The molecule has 0 aromatic heterocycles. The van der Waals surface area contributed by atoms with Crippen LogP contribution in [0, 0.1) is 6.92 Å². The molecule has 2 fully saturated rings. The van der Waals surface area contributed by atoms with Gasteiger partial charge in [-0.2, -0.15) is 0 Å². The van der Waals surface area contributed by atoms with Crippen molar-refractivity contribution in [2.45, 2.75) is 68.6 Å². The zero-order chi connectivity index (χ0) is 22.3. The number of nitrogens with zero attached hydrogens (tertiary/aromatic N) is 1. The number of hydrogen-bond acceptors (Lipinski definition) is 6. The normalized spacial score (nSPS) is 25.3. The molecule has 0 aliphatic carbocycles. The number of sulfonamides is 1. The van der Waals surface area contributed by atoms with Crippen LogP contribution in [0.1, 0.15) is 44.1 Å². The molecule has 9 heteroatoms. The summed E-state index contributed by atoms with van der Waals surface area (Å²) in [7, 11) is -3.71. The fraction of sp³-hybridized carbons (Fsp3) is 0.682. The van der Waals surface area contributed by atoms with E-state index in [4.69, 9.17) is 4.74 Å². The van der Waals surface area contributed by atoms with Crippen molar-refractivity contribution >= 4 is 15.9 Å². The van der Waals surface area contributed by atoms with Crippen molar-refractivity contribution in [2.75, 3.05) is 32.8 Å². The van der Waals surface area contributed by atoms with Gasteiger partial charge in [0.2, 0.25) is 15.9 Å². The molecule has 0 bridgehead atoms. The predicted octanol–water partition coefficient (Wildman–Crippen LogP) is 1.17. The van der Waals surface area contributed by atoms with E-state index in [2.05, 4.69) is 14.9 Å². The van der Waals surface area contributed by atoms with Crippen LogP contribution in [0.4, 0.5) is 0 Å². The summed E-state index contributed by atoms with van der Waals surface area (Å²) in [5.41, 5.74) is 0.977. The Morgan fingerprint density at radius 2 is 1.87 bits per heavy atom. The van der Waals surface area contributed by atoms with Gasteiger partial charge in [0.05, 0.1) is 36.2 Å². The fourth-order valence-electron chi connectivity index (χ4n) is 4.22. The molecule has 0 spiro atoms. The van der Waals surface area contributed by atoms with E-state index < -0.39 is 22.2 Å². The van der Waals surface area contributed by atoms with Gasteiger partial charge in [-0.3, -0.25) is 4.79 Å². The van der Waals surface area contributed by atoms with Crippen LogP contribution >= 0.6 is 0 Å². The number of carbonyl (C=O) groups is 1. The van der Waals surface area contributed by atoms with Crippen LogP contribution in [-0.2, 0) is 19.6 Å². The molecule has 1 aromatic rings. The van der Waals surface area contributed by atoms with Gasteiger partial charge in [0.25, 0.3) is 0 Å². The molecule has 2 aliphatic rings. The molecule has 3 rings (SSSR count). The summed E-state index contributed by atoms with van der Waals surface area (Å²) in [4.78, 5) is 14.8.